The van der Waals surface area contributed by atoms with Crippen molar-refractivity contribution in [3.05, 3.63) is 25.3 Å². The van der Waals surface area contributed by atoms with Gasteiger partial charge < -0.3 is 10.2 Å². The molecule has 27 heavy (non-hydrogen) atoms. The summed E-state index contributed by atoms with van der Waals surface area (Å²) in [4.78, 5) is 21.3. The van der Waals surface area contributed by atoms with Crippen LogP contribution in [0.1, 0.15) is 86.5 Å². The molecule has 0 aromatic rings. The number of carboxylic acids is 2. The standard InChI is InChI=1S/C12H22O2.C11H20O2/c1-5-10(11(13)14)8-6-7-9-12(2,3)4;1-5-9(10(12)13)7-6-8-11(2,3)4/h5,10H,1,6-9H2,2-4H3,(H,13,14);5,9H,1,6-8H2,2-4H3,(H,12,13). The molecule has 0 fully saturated rings. The van der Waals surface area contributed by atoms with Gasteiger partial charge in [-0.25, -0.2) is 0 Å². The van der Waals surface area contributed by atoms with Crippen LogP contribution in [-0.4, -0.2) is 22.2 Å². The SMILES string of the molecule is C=CC(CCCC(C)(C)C)C(=O)O.C=CC(CCCCC(C)(C)C)C(=O)O. The molecule has 0 aliphatic rings. The summed E-state index contributed by atoms with van der Waals surface area (Å²) in [7, 11) is 0. The summed E-state index contributed by atoms with van der Waals surface area (Å²) in [6.45, 7) is 20.1. The molecule has 0 amide bonds. The average molecular weight is 383 g/mol. The molecule has 0 aromatic heterocycles. The van der Waals surface area contributed by atoms with Gasteiger partial charge in [0.15, 0.2) is 0 Å². The third-order valence-corrected chi connectivity index (χ3v) is 4.34. The zero-order valence-corrected chi connectivity index (χ0v) is 18.4. The van der Waals surface area contributed by atoms with E-state index < -0.39 is 11.9 Å². The van der Waals surface area contributed by atoms with Crippen molar-refractivity contribution in [2.24, 2.45) is 22.7 Å². The molecule has 2 N–H and O–H groups in total. The molecule has 2 atom stereocenters. The van der Waals surface area contributed by atoms with Crippen LogP contribution in [0.3, 0.4) is 0 Å². The second kappa shape index (κ2) is 13.6. The highest BCUT2D eigenvalue weighted by molar-refractivity contribution is 5.72. The number of hydrogen-bond acceptors (Lipinski definition) is 2. The van der Waals surface area contributed by atoms with E-state index in [1.165, 1.54) is 12.2 Å². The summed E-state index contributed by atoms with van der Waals surface area (Å²) >= 11 is 0. The van der Waals surface area contributed by atoms with Gasteiger partial charge in [-0.05, 0) is 36.5 Å². The Morgan fingerprint density at radius 1 is 0.741 bits per heavy atom. The van der Waals surface area contributed by atoms with E-state index in [9.17, 15) is 9.59 Å². The first-order valence-electron chi connectivity index (χ1n) is 9.94. The predicted octanol–water partition coefficient (Wildman–Crippen LogP) is 6.57. The van der Waals surface area contributed by atoms with Crippen LogP contribution >= 0.6 is 0 Å². The quantitative estimate of drug-likeness (QED) is 0.313. The maximum Gasteiger partial charge on any atom is 0.310 e. The Hall–Kier alpha value is -1.58. The van der Waals surface area contributed by atoms with E-state index in [0.717, 1.165) is 38.5 Å². The van der Waals surface area contributed by atoms with Crippen LogP contribution < -0.4 is 0 Å². The Bertz CT molecular complexity index is 452. The van der Waals surface area contributed by atoms with E-state index >= 15 is 0 Å². The Labute approximate surface area is 166 Å². The van der Waals surface area contributed by atoms with Gasteiger partial charge in [-0.3, -0.25) is 9.59 Å². The normalized spacial score (nSPS) is 13.7. The fraction of sp³-hybridized carbons (Fsp3) is 0.739. The van der Waals surface area contributed by atoms with Crippen molar-refractivity contribution in [2.75, 3.05) is 0 Å². The number of rotatable bonds is 11. The Balaban J connectivity index is 0. The lowest BCUT2D eigenvalue weighted by Crippen LogP contribution is -2.12. The molecule has 158 valence electrons. The topological polar surface area (TPSA) is 74.6 Å². The zero-order chi connectivity index (χ0) is 21.7. The molecule has 4 nitrogen and oxygen atoms in total. The lowest BCUT2D eigenvalue weighted by Gasteiger charge is -2.18. The number of hydrogen-bond donors (Lipinski definition) is 2. The van der Waals surface area contributed by atoms with Crippen molar-refractivity contribution in [1.29, 1.82) is 0 Å². The zero-order valence-electron chi connectivity index (χ0n) is 18.4. The summed E-state index contributed by atoms with van der Waals surface area (Å²) in [5.74, 6) is -2.25. The molecule has 0 saturated carbocycles. The maximum absolute atomic E-state index is 10.7. The van der Waals surface area contributed by atoms with Crippen molar-refractivity contribution in [3.63, 3.8) is 0 Å². The minimum atomic E-state index is -0.760. The van der Waals surface area contributed by atoms with E-state index in [1.807, 2.05) is 0 Å². The maximum atomic E-state index is 10.7. The molecule has 0 rings (SSSR count). The van der Waals surface area contributed by atoms with Gasteiger partial charge in [-0.2, -0.15) is 0 Å². The third kappa shape index (κ3) is 19.0. The van der Waals surface area contributed by atoms with Crippen molar-refractivity contribution >= 4 is 11.9 Å². The highest BCUT2D eigenvalue weighted by Gasteiger charge is 2.16. The van der Waals surface area contributed by atoms with Gasteiger partial charge in [0.2, 0.25) is 0 Å². The second-order valence-electron chi connectivity index (χ2n) is 9.62. The predicted molar refractivity (Wildman–Crippen MR) is 114 cm³/mol. The van der Waals surface area contributed by atoms with Crippen molar-refractivity contribution in [2.45, 2.75) is 86.5 Å². The van der Waals surface area contributed by atoms with Gasteiger partial charge in [-0.15, -0.1) is 13.2 Å². The van der Waals surface area contributed by atoms with Gasteiger partial charge in [0, 0.05) is 0 Å². The fourth-order valence-electron chi connectivity index (χ4n) is 2.56. The summed E-state index contributed by atoms with van der Waals surface area (Å²) < 4.78 is 0. The largest absolute Gasteiger partial charge is 0.481 e. The lowest BCUT2D eigenvalue weighted by atomic mass is 9.88. The number of unbranched alkanes of at least 4 members (excludes halogenated alkanes) is 1. The van der Waals surface area contributed by atoms with Crippen LogP contribution in [0.2, 0.25) is 0 Å². The smallest absolute Gasteiger partial charge is 0.310 e. The van der Waals surface area contributed by atoms with E-state index in [-0.39, 0.29) is 11.8 Å². The highest BCUT2D eigenvalue weighted by atomic mass is 16.4. The molecule has 0 saturated heterocycles. The monoisotopic (exact) mass is 382 g/mol. The van der Waals surface area contributed by atoms with E-state index in [0.29, 0.717) is 17.3 Å². The molecule has 0 heterocycles. The fourth-order valence-corrected chi connectivity index (χ4v) is 2.56. The highest BCUT2D eigenvalue weighted by Crippen LogP contribution is 2.24. The molecule has 2 unspecified atom stereocenters. The van der Waals surface area contributed by atoms with Crippen LogP contribution in [0, 0.1) is 22.7 Å². The van der Waals surface area contributed by atoms with E-state index in [2.05, 4.69) is 54.7 Å². The molecule has 0 aliphatic carbocycles. The lowest BCUT2D eigenvalue weighted by molar-refractivity contribution is -0.141. The van der Waals surface area contributed by atoms with E-state index in [4.69, 9.17) is 10.2 Å². The van der Waals surface area contributed by atoms with Crippen LogP contribution in [-0.2, 0) is 9.59 Å². The van der Waals surface area contributed by atoms with Crippen LogP contribution in [0.15, 0.2) is 25.3 Å². The van der Waals surface area contributed by atoms with Crippen LogP contribution in [0.4, 0.5) is 0 Å². The Morgan fingerprint density at radius 2 is 1.07 bits per heavy atom. The third-order valence-electron chi connectivity index (χ3n) is 4.34. The Kier molecular flexibility index (Phi) is 13.9. The molecular formula is C23H42O4. The first-order valence-corrected chi connectivity index (χ1v) is 9.94. The summed E-state index contributed by atoms with van der Waals surface area (Å²) in [6.07, 6.45) is 9.70. The van der Waals surface area contributed by atoms with Gasteiger partial charge in [0.1, 0.15) is 0 Å². The van der Waals surface area contributed by atoms with Crippen LogP contribution in [0.5, 0.6) is 0 Å². The molecule has 0 spiro atoms. The number of aliphatic carboxylic acids is 2. The summed E-state index contributed by atoms with van der Waals surface area (Å²) in [5.41, 5.74) is 0.650. The summed E-state index contributed by atoms with van der Waals surface area (Å²) in [6, 6.07) is 0. The minimum absolute atomic E-state index is 0.296. The van der Waals surface area contributed by atoms with Gasteiger partial charge in [0.25, 0.3) is 0 Å². The molecule has 0 aliphatic heterocycles. The first-order chi connectivity index (χ1) is 12.2. The van der Waals surface area contributed by atoms with Gasteiger partial charge >= 0.3 is 11.9 Å². The minimum Gasteiger partial charge on any atom is -0.481 e. The van der Waals surface area contributed by atoms with Gasteiger partial charge in [0.05, 0.1) is 11.8 Å². The van der Waals surface area contributed by atoms with Crippen LogP contribution in [0.25, 0.3) is 0 Å². The molecule has 0 aromatic carbocycles. The number of carboxylic acid groups (broad SMARTS) is 2. The first kappa shape index (κ1) is 27.6. The van der Waals surface area contributed by atoms with Crippen molar-refractivity contribution in [1.82, 2.24) is 0 Å². The van der Waals surface area contributed by atoms with Gasteiger partial charge in [-0.1, -0.05) is 73.0 Å². The number of carbonyl (C=O) groups is 2. The van der Waals surface area contributed by atoms with Crippen molar-refractivity contribution in [3.8, 4) is 0 Å². The molecule has 0 bridgehead atoms. The average Bonchev–Trinajstić information content (AvgIpc) is 2.49. The Morgan fingerprint density at radius 3 is 1.37 bits per heavy atom. The van der Waals surface area contributed by atoms with Crippen molar-refractivity contribution < 1.29 is 19.8 Å². The molecular weight excluding hydrogens is 340 g/mol. The van der Waals surface area contributed by atoms with E-state index in [1.54, 1.807) is 0 Å². The second-order valence-corrected chi connectivity index (χ2v) is 9.62. The molecule has 4 heteroatoms. The molecule has 0 radical (unpaired) electrons. The summed E-state index contributed by atoms with van der Waals surface area (Å²) in [5, 5.41) is 17.5.